The molecule has 0 aliphatic carbocycles. The molecule has 23 heavy (non-hydrogen) atoms. The smallest absolute Gasteiger partial charge is 0.253 e. The van der Waals surface area contributed by atoms with Gasteiger partial charge in [-0.05, 0) is 36.4 Å². The van der Waals surface area contributed by atoms with Crippen molar-refractivity contribution in [2.45, 2.75) is 39.2 Å². The van der Waals surface area contributed by atoms with Gasteiger partial charge >= 0.3 is 0 Å². The van der Waals surface area contributed by atoms with Crippen molar-refractivity contribution in [1.29, 1.82) is 0 Å². The molecule has 0 bridgehead atoms. The molecule has 0 radical (unpaired) electrons. The van der Waals surface area contributed by atoms with Crippen LogP contribution < -0.4 is 0 Å². The minimum atomic E-state index is -0.299. The summed E-state index contributed by atoms with van der Waals surface area (Å²) in [5.74, 6) is 1.62. The van der Waals surface area contributed by atoms with Crippen LogP contribution in [0.2, 0.25) is 5.02 Å². The Balaban J connectivity index is 1.85. The molecule has 0 spiro atoms. The molecule has 1 atom stereocenters. The molecule has 120 valence electrons. The van der Waals surface area contributed by atoms with Gasteiger partial charge in [0, 0.05) is 16.0 Å². The highest BCUT2D eigenvalue weighted by Crippen LogP contribution is 2.23. The Morgan fingerprint density at radius 1 is 1.17 bits per heavy atom. The van der Waals surface area contributed by atoms with E-state index in [4.69, 9.17) is 16.1 Å². The van der Waals surface area contributed by atoms with E-state index in [9.17, 15) is 0 Å². The van der Waals surface area contributed by atoms with Crippen LogP contribution in [-0.4, -0.2) is 30.3 Å². The van der Waals surface area contributed by atoms with Crippen LogP contribution in [0.25, 0.3) is 11.4 Å². The molecule has 0 aliphatic rings. The molecule has 0 amide bonds. The number of halogens is 1. The lowest BCUT2D eigenvalue weighted by Gasteiger charge is -2.11. The maximum absolute atomic E-state index is 5.88. The molecule has 7 nitrogen and oxygen atoms in total. The molecule has 0 saturated heterocycles. The minimum absolute atomic E-state index is 0.175. The number of hydrogen-bond donors (Lipinski definition) is 0. The minimum Gasteiger partial charge on any atom is -0.337 e. The van der Waals surface area contributed by atoms with Gasteiger partial charge in [0.1, 0.15) is 6.04 Å². The van der Waals surface area contributed by atoms with Crippen LogP contribution in [0, 0.1) is 0 Å². The predicted octanol–water partition coefficient (Wildman–Crippen LogP) is 3.28. The molecule has 2 aromatic heterocycles. The molecule has 0 saturated carbocycles. The monoisotopic (exact) mass is 332 g/mol. The van der Waals surface area contributed by atoms with Crippen molar-refractivity contribution in [3.8, 4) is 11.4 Å². The van der Waals surface area contributed by atoms with Gasteiger partial charge in [-0.15, -0.1) is 10.2 Å². The van der Waals surface area contributed by atoms with E-state index in [-0.39, 0.29) is 11.5 Å². The second-order valence-electron chi connectivity index (χ2n) is 6.32. The zero-order valence-corrected chi connectivity index (χ0v) is 14.1. The normalized spacial score (nSPS) is 13.3. The van der Waals surface area contributed by atoms with Crippen molar-refractivity contribution >= 4 is 11.6 Å². The summed E-state index contributed by atoms with van der Waals surface area (Å²) in [6.07, 6.45) is 0. The van der Waals surface area contributed by atoms with Crippen molar-refractivity contribution in [1.82, 2.24) is 30.3 Å². The molecule has 3 aromatic rings. The summed E-state index contributed by atoms with van der Waals surface area (Å²) in [6.45, 7) is 7.96. The predicted molar refractivity (Wildman–Crippen MR) is 85.1 cm³/mol. The lowest BCUT2D eigenvalue weighted by Crippen LogP contribution is -2.15. The zero-order chi connectivity index (χ0) is 16.6. The maximum atomic E-state index is 5.88. The molecule has 0 N–H and O–H groups in total. The van der Waals surface area contributed by atoms with E-state index in [1.54, 1.807) is 12.1 Å². The summed E-state index contributed by atoms with van der Waals surface area (Å²) in [4.78, 5) is 5.89. The van der Waals surface area contributed by atoms with Gasteiger partial charge in [-0.3, -0.25) is 0 Å². The lowest BCUT2D eigenvalue weighted by molar-refractivity contribution is 0.315. The van der Waals surface area contributed by atoms with Crippen LogP contribution in [0.4, 0.5) is 0 Å². The van der Waals surface area contributed by atoms with Crippen molar-refractivity contribution in [2.24, 2.45) is 0 Å². The number of aromatic nitrogens is 6. The summed E-state index contributed by atoms with van der Waals surface area (Å²) in [5, 5.41) is 17.2. The summed E-state index contributed by atoms with van der Waals surface area (Å²) in [6, 6.07) is 6.97. The zero-order valence-electron chi connectivity index (χ0n) is 13.4. The van der Waals surface area contributed by atoms with E-state index in [0.717, 1.165) is 5.56 Å². The van der Waals surface area contributed by atoms with Crippen LogP contribution in [0.3, 0.4) is 0 Å². The standard InChI is InChI=1S/C15H17ClN6O/c1-9(13-17-14(20-23-13)15(2,3)4)22-19-12(18-21-22)10-5-7-11(16)8-6-10/h5-9H,1-4H3. The van der Waals surface area contributed by atoms with Gasteiger partial charge in [0.05, 0.1) is 0 Å². The van der Waals surface area contributed by atoms with E-state index in [2.05, 4.69) is 25.6 Å². The van der Waals surface area contributed by atoms with Crippen molar-refractivity contribution in [3.63, 3.8) is 0 Å². The first kappa shape index (κ1) is 15.6. The summed E-state index contributed by atoms with van der Waals surface area (Å²) in [5.41, 5.74) is 0.667. The molecule has 3 rings (SSSR count). The van der Waals surface area contributed by atoms with Gasteiger partial charge in [-0.2, -0.15) is 9.78 Å². The molecule has 0 fully saturated rings. The van der Waals surface area contributed by atoms with Crippen LogP contribution >= 0.6 is 11.6 Å². The van der Waals surface area contributed by atoms with Crippen LogP contribution in [0.1, 0.15) is 45.5 Å². The van der Waals surface area contributed by atoms with Gasteiger partial charge in [0.25, 0.3) is 5.89 Å². The molecular weight excluding hydrogens is 316 g/mol. The van der Waals surface area contributed by atoms with Gasteiger partial charge in [-0.1, -0.05) is 37.5 Å². The van der Waals surface area contributed by atoms with Crippen LogP contribution in [-0.2, 0) is 5.41 Å². The third kappa shape index (κ3) is 3.24. The number of nitrogens with zero attached hydrogens (tertiary/aromatic N) is 6. The highest BCUT2D eigenvalue weighted by molar-refractivity contribution is 6.30. The maximum Gasteiger partial charge on any atom is 0.253 e. The fraction of sp³-hybridized carbons (Fsp3) is 0.400. The second-order valence-corrected chi connectivity index (χ2v) is 6.76. The topological polar surface area (TPSA) is 82.5 Å². The highest BCUT2D eigenvalue weighted by Gasteiger charge is 2.25. The Kier molecular flexibility index (Phi) is 3.89. The lowest BCUT2D eigenvalue weighted by atomic mass is 9.96. The molecule has 1 unspecified atom stereocenters. The van der Waals surface area contributed by atoms with Crippen LogP contribution in [0.5, 0.6) is 0 Å². The van der Waals surface area contributed by atoms with Crippen molar-refractivity contribution in [3.05, 3.63) is 41.0 Å². The first-order valence-corrected chi connectivity index (χ1v) is 7.62. The SMILES string of the molecule is CC(c1nc(C(C)(C)C)no1)n1nnc(-c2ccc(Cl)cc2)n1. The molecule has 2 heterocycles. The number of rotatable bonds is 3. The van der Waals surface area contributed by atoms with Gasteiger partial charge in [0.15, 0.2) is 5.82 Å². The number of benzene rings is 1. The average molecular weight is 333 g/mol. The Hall–Kier alpha value is -2.28. The summed E-state index contributed by atoms with van der Waals surface area (Å²) < 4.78 is 5.33. The summed E-state index contributed by atoms with van der Waals surface area (Å²) >= 11 is 5.88. The Morgan fingerprint density at radius 2 is 1.87 bits per heavy atom. The highest BCUT2D eigenvalue weighted by atomic mass is 35.5. The van der Waals surface area contributed by atoms with Crippen molar-refractivity contribution < 1.29 is 4.52 Å². The van der Waals surface area contributed by atoms with Gasteiger partial charge in [-0.25, -0.2) is 0 Å². The Morgan fingerprint density at radius 3 is 2.48 bits per heavy atom. The molecule has 8 heteroatoms. The van der Waals surface area contributed by atoms with E-state index in [1.807, 2.05) is 39.8 Å². The largest absolute Gasteiger partial charge is 0.337 e. The third-order valence-corrected chi connectivity index (χ3v) is 3.60. The van der Waals surface area contributed by atoms with Gasteiger partial charge < -0.3 is 4.52 Å². The van der Waals surface area contributed by atoms with Crippen LogP contribution in [0.15, 0.2) is 28.8 Å². The first-order chi connectivity index (χ1) is 10.8. The molecule has 0 aliphatic heterocycles. The average Bonchev–Trinajstić information content (AvgIpc) is 3.16. The fourth-order valence-electron chi connectivity index (χ4n) is 1.91. The van der Waals surface area contributed by atoms with E-state index < -0.39 is 0 Å². The molecular formula is C15H17ClN6O. The van der Waals surface area contributed by atoms with E-state index >= 15 is 0 Å². The Labute approximate surface area is 138 Å². The first-order valence-electron chi connectivity index (χ1n) is 7.24. The Bertz CT molecular complexity index is 802. The number of hydrogen-bond acceptors (Lipinski definition) is 6. The fourth-order valence-corrected chi connectivity index (χ4v) is 2.04. The van der Waals surface area contributed by atoms with Crippen molar-refractivity contribution in [2.75, 3.05) is 0 Å². The molecule has 1 aromatic carbocycles. The quantitative estimate of drug-likeness (QED) is 0.732. The second kappa shape index (κ2) is 5.73. The third-order valence-electron chi connectivity index (χ3n) is 3.35. The van der Waals surface area contributed by atoms with Gasteiger partial charge in [0.2, 0.25) is 5.82 Å². The summed E-state index contributed by atoms with van der Waals surface area (Å²) in [7, 11) is 0. The van der Waals surface area contributed by atoms with E-state index in [0.29, 0.717) is 22.6 Å². The number of tetrazole rings is 1. The van der Waals surface area contributed by atoms with E-state index in [1.165, 1.54) is 4.80 Å².